The number of rotatable bonds is 12. The molecule has 0 saturated heterocycles. The first kappa shape index (κ1) is 25.8. The minimum atomic E-state index is -0.721. The zero-order chi connectivity index (χ0) is 21.8. The van der Waals surface area contributed by atoms with Gasteiger partial charge < -0.3 is 10.5 Å². The lowest BCUT2D eigenvalue weighted by atomic mass is 9.29. The molecule has 1 fully saturated rings. The molecule has 1 aliphatic rings. The topological polar surface area (TPSA) is 52.3 Å². The molecule has 3 unspecified atom stereocenters. The summed E-state index contributed by atoms with van der Waals surface area (Å²) >= 11 is 0. The van der Waals surface area contributed by atoms with E-state index in [-0.39, 0.29) is 16.5 Å². The molecule has 1 aliphatic carbocycles. The smallest absolute Gasteiger partial charge is 0.138 e. The SMILES string of the molecule is CCC(C)(C)BC1CCC1BC(C)(C)CCOC(C)(N)CCC(=O)C(C)(C)C. The van der Waals surface area contributed by atoms with E-state index < -0.39 is 5.72 Å². The van der Waals surface area contributed by atoms with Crippen LogP contribution in [0.5, 0.6) is 0 Å². The van der Waals surface area contributed by atoms with Gasteiger partial charge in [-0.2, -0.15) is 0 Å². The third-order valence-electron chi connectivity index (χ3n) is 7.06. The fourth-order valence-electron chi connectivity index (χ4n) is 4.21. The molecule has 0 amide bonds. The molecule has 3 atom stereocenters. The molecule has 2 N–H and O–H groups in total. The zero-order valence-corrected chi connectivity index (χ0v) is 20.4. The van der Waals surface area contributed by atoms with Crippen LogP contribution in [0.15, 0.2) is 0 Å². The van der Waals surface area contributed by atoms with Gasteiger partial charge in [-0.15, -0.1) is 0 Å². The maximum atomic E-state index is 12.1. The normalized spacial score (nSPS) is 22.9. The summed E-state index contributed by atoms with van der Waals surface area (Å²) in [4.78, 5) is 12.1. The number of nitrogens with two attached hydrogens (primary N) is 1. The van der Waals surface area contributed by atoms with E-state index in [2.05, 4.69) is 34.6 Å². The average molecular weight is 391 g/mol. The van der Waals surface area contributed by atoms with Gasteiger partial charge in [0.15, 0.2) is 0 Å². The van der Waals surface area contributed by atoms with Gasteiger partial charge in [0.2, 0.25) is 0 Å². The van der Waals surface area contributed by atoms with Gasteiger partial charge in [0.25, 0.3) is 0 Å². The van der Waals surface area contributed by atoms with Crippen molar-refractivity contribution in [1.29, 1.82) is 0 Å². The van der Waals surface area contributed by atoms with E-state index in [1.54, 1.807) is 0 Å². The molecule has 0 bridgehead atoms. The number of carbonyl (C=O) groups is 1. The Kier molecular flexibility index (Phi) is 8.91. The van der Waals surface area contributed by atoms with Crippen molar-refractivity contribution in [3.05, 3.63) is 0 Å². The maximum absolute atomic E-state index is 12.1. The predicted octanol–water partition coefficient (Wildman–Crippen LogP) is 5.51. The minimum absolute atomic E-state index is 0.249. The van der Waals surface area contributed by atoms with E-state index in [0.29, 0.717) is 24.8 Å². The summed E-state index contributed by atoms with van der Waals surface area (Å²) in [5.74, 6) is 2.02. The van der Waals surface area contributed by atoms with Crippen molar-refractivity contribution in [3.63, 3.8) is 0 Å². The molecule has 0 spiro atoms. The highest BCUT2D eigenvalue weighted by Gasteiger charge is 2.39. The van der Waals surface area contributed by atoms with Crippen molar-refractivity contribution in [3.8, 4) is 0 Å². The van der Waals surface area contributed by atoms with E-state index in [9.17, 15) is 4.79 Å². The quantitative estimate of drug-likeness (QED) is 0.352. The summed E-state index contributed by atoms with van der Waals surface area (Å²) < 4.78 is 6.01. The van der Waals surface area contributed by atoms with Crippen molar-refractivity contribution < 1.29 is 9.53 Å². The Labute approximate surface area is 176 Å². The maximum Gasteiger partial charge on any atom is 0.138 e. The molecule has 1 rings (SSSR count). The van der Waals surface area contributed by atoms with Crippen LogP contribution < -0.4 is 5.73 Å². The van der Waals surface area contributed by atoms with Crippen LogP contribution in [0, 0.1) is 5.41 Å². The Bertz CT molecular complexity index is 509. The fourth-order valence-corrected chi connectivity index (χ4v) is 4.21. The van der Waals surface area contributed by atoms with Crippen molar-refractivity contribution in [2.75, 3.05) is 6.61 Å². The number of carbonyl (C=O) groups excluding carboxylic acids is 1. The first-order valence-electron chi connectivity index (χ1n) is 11.5. The Hall–Kier alpha value is -0.280. The number of Topliss-reactive ketones (excluding diaryl/α,β-unsaturated/α-hetero) is 1. The largest absolute Gasteiger partial charge is 0.361 e. The third-order valence-corrected chi connectivity index (χ3v) is 7.06. The molecule has 28 heavy (non-hydrogen) atoms. The molecule has 0 aromatic rings. The van der Waals surface area contributed by atoms with Gasteiger partial charge in [-0.3, -0.25) is 4.79 Å². The molecule has 1 saturated carbocycles. The van der Waals surface area contributed by atoms with E-state index >= 15 is 0 Å². The molecular weight excluding hydrogens is 344 g/mol. The number of ketones is 1. The summed E-state index contributed by atoms with van der Waals surface area (Å²) in [6.45, 7) is 20.3. The standard InChI is InChI=1S/C23H47B2NO2/c1-10-21(5,6)24-17-11-12-18(17)25-22(7,8)15-16-28-23(9,26)14-13-19(27)20(2,3)4/h17-18,24-25H,10-16,26H2,1-9H3. The minimum Gasteiger partial charge on any atom is -0.361 e. The van der Waals surface area contributed by atoms with Gasteiger partial charge in [0.05, 0.1) is 0 Å². The molecule has 3 nitrogen and oxygen atoms in total. The summed E-state index contributed by atoms with van der Waals surface area (Å²) in [5.41, 5.74) is 5.29. The van der Waals surface area contributed by atoms with Gasteiger partial charge in [-0.05, 0) is 19.8 Å². The van der Waals surface area contributed by atoms with Crippen LogP contribution in [-0.4, -0.2) is 32.7 Å². The molecule has 0 aromatic carbocycles. The first-order chi connectivity index (χ1) is 12.6. The first-order valence-corrected chi connectivity index (χ1v) is 11.5. The lowest BCUT2D eigenvalue weighted by Crippen LogP contribution is -2.41. The molecule has 0 aliphatic heterocycles. The Morgan fingerprint density at radius 2 is 1.43 bits per heavy atom. The van der Waals surface area contributed by atoms with E-state index in [0.717, 1.165) is 18.1 Å². The zero-order valence-electron chi connectivity index (χ0n) is 20.4. The van der Waals surface area contributed by atoms with E-state index in [1.165, 1.54) is 33.8 Å². The van der Waals surface area contributed by atoms with Crippen molar-refractivity contribution >= 4 is 20.3 Å². The predicted molar refractivity (Wildman–Crippen MR) is 126 cm³/mol. The van der Waals surface area contributed by atoms with E-state index in [1.807, 2.05) is 27.7 Å². The second-order valence-corrected chi connectivity index (χ2v) is 12.3. The molecule has 5 heteroatoms. The summed E-state index contributed by atoms with van der Waals surface area (Å²) in [5, 5.41) is 0.749. The van der Waals surface area contributed by atoms with Gasteiger partial charge in [-0.25, -0.2) is 0 Å². The van der Waals surface area contributed by atoms with Crippen LogP contribution in [-0.2, 0) is 9.53 Å². The summed E-state index contributed by atoms with van der Waals surface area (Å²) in [7, 11) is 2.65. The van der Waals surface area contributed by atoms with Crippen molar-refractivity contribution in [1.82, 2.24) is 0 Å². The van der Waals surface area contributed by atoms with Crippen LogP contribution >= 0.6 is 0 Å². The highest BCUT2D eigenvalue weighted by Crippen LogP contribution is 2.51. The van der Waals surface area contributed by atoms with Gasteiger partial charge in [0.1, 0.15) is 26.1 Å². The molecular formula is C23H47B2NO2. The monoisotopic (exact) mass is 391 g/mol. The second kappa shape index (κ2) is 9.69. The lowest BCUT2D eigenvalue weighted by Gasteiger charge is -2.43. The molecule has 0 heterocycles. The van der Waals surface area contributed by atoms with Gasteiger partial charge >= 0.3 is 0 Å². The average Bonchev–Trinajstić information content (AvgIpc) is 2.53. The lowest BCUT2D eigenvalue weighted by molar-refractivity contribution is -0.128. The fraction of sp³-hybridized carbons (Fsp3) is 0.957. The van der Waals surface area contributed by atoms with Gasteiger partial charge in [0, 0.05) is 18.4 Å². The van der Waals surface area contributed by atoms with Crippen molar-refractivity contribution in [2.45, 2.75) is 129 Å². The Morgan fingerprint density at radius 1 is 0.929 bits per heavy atom. The molecule has 0 aromatic heterocycles. The van der Waals surface area contributed by atoms with Crippen LogP contribution in [0.1, 0.15) is 101 Å². The van der Waals surface area contributed by atoms with Gasteiger partial charge in [-0.1, -0.05) is 96.9 Å². The van der Waals surface area contributed by atoms with Crippen LogP contribution in [0.25, 0.3) is 0 Å². The number of hydrogen-bond acceptors (Lipinski definition) is 3. The van der Waals surface area contributed by atoms with Crippen LogP contribution in [0.4, 0.5) is 0 Å². The van der Waals surface area contributed by atoms with Crippen LogP contribution in [0.3, 0.4) is 0 Å². The Balaban J connectivity index is 2.39. The number of ether oxygens (including phenoxy) is 1. The third kappa shape index (κ3) is 9.03. The Morgan fingerprint density at radius 3 is 1.86 bits per heavy atom. The number of hydrogen-bond donors (Lipinski definition) is 1. The summed E-state index contributed by atoms with van der Waals surface area (Å²) in [6.07, 6.45) is 6.15. The summed E-state index contributed by atoms with van der Waals surface area (Å²) in [6, 6.07) is 0. The van der Waals surface area contributed by atoms with E-state index in [4.69, 9.17) is 10.5 Å². The second-order valence-electron chi connectivity index (χ2n) is 12.3. The highest BCUT2D eigenvalue weighted by molar-refractivity contribution is 6.50. The van der Waals surface area contributed by atoms with Crippen molar-refractivity contribution in [2.24, 2.45) is 11.1 Å². The molecule has 162 valence electrons. The highest BCUT2D eigenvalue weighted by atomic mass is 16.5. The van der Waals surface area contributed by atoms with Crippen LogP contribution in [0.2, 0.25) is 22.3 Å². The molecule has 0 radical (unpaired) electrons.